The van der Waals surface area contributed by atoms with Crippen molar-refractivity contribution < 1.29 is 0 Å². The van der Waals surface area contributed by atoms with Crippen LogP contribution in [-0.2, 0) is 0 Å². The Labute approximate surface area is 162 Å². The Bertz CT molecular complexity index is 1050. The number of aromatic amines is 1. The normalized spacial score (nSPS) is 10.9. The van der Waals surface area contributed by atoms with Gasteiger partial charge >= 0.3 is 0 Å². The monoisotopic (exact) mass is 402 g/mol. The molecule has 0 aliphatic carbocycles. The zero-order chi connectivity index (χ0) is 18.1. The van der Waals surface area contributed by atoms with Crippen molar-refractivity contribution in [3.8, 4) is 33.9 Å². The van der Waals surface area contributed by atoms with Gasteiger partial charge in [0.2, 0.25) is 0 Å². The lowest BCUT2D eigenvalue weighted by Gasteiger charge is -2.04. The third-order valence-electron chi connectivity index (χ3n) is 4.53. The second-order valence-electron chi connectivity index (χ2n) is 6.50. The molecule has 2 nitrogen and oxygen atoms in total. The summed E-state index contributed by atoms with van der Waals surface area (Å²) in [5, 5.41) is 0. The predicted octanol–water partition coefficient (Wildman–Crippen LogP) is 6.79. The summed E-state index contributed by atoms with van der Waals surface area (Å²) in [4.78, 5) is 8.56. The van der Waals surface area contributed by atoms with E-state index in [-0.39, 0.29) is 0 Å². The number of nitrogens with zero attached hydrogens (tertiary/aromatic N) is 1. The number of halogens is 1. The number of benzene rings is 3. The molecule has 1 N–H and O–H groups in total. The van der Waals surface area contributed by atoms with E-state index in [2.05, 4.69) is 89.4 Å². The first kappa shape index (κ1) is 16.8. The van der Waals surface area contributed by atoms with Gasteiger partial charge in [-0.2, -0.15) is 0 Å². The van der Waals surface area contributed by atoms with Crippen LogP contribution < -0.4 is 0 Å². The summed E-state index contributed by atoms with van der Waals surface area (Å²) in [6, 6.07) is 25.1. The van der Waals surface area contributed by atoms with Crippen molar-refractivity contribution >= 4 is 15.9 Å². The highest BCUT2D eigenvalue weighted by Gasteiger charge is 2.16. The number of rotatable bonds is 3. The Morgan fingerprint density at radius 3 is 2.27 bits per heavy atom. The number of imidazole rings is 1. The highest BCUT2D eigenvalue weighted by atomic mass is 79.9. The van der Waals surface area contributed by atoms with Crippen LogP contribution in [0.5, 0.6) is 0 Å². The van der Waals surface area contributed by atoms with Gasteiger partial charge < -0.3 is 4.98 Å². The van der Waals surface area contributed by atoms with Gasteiger partial charge in [0.25, 0.3) is 0 Å². The maximum atomic E-state index is 4.98. The van der Waals surface area contributed by atoms with Gasteiger partial charge in [-0.3, -0.25) is 0 Å². The van der Waals surface area contributed by atoms with Crippen LogP contribution in [0.1, 0.15) is 11.1 Å². The lowest BCUT2D eigenvalue weighted by molar-refractivity contribution is 1.27. The van der Waals surface area contributed by atoms with Crippen LogP contribution in [0.2, 0.25) is 0 Å². The fourth-order valence-electron chi connectivity index (χ4n) is 3.12. The van der Waals surface area contributed by atoms with Crippen molar-refractivity contribution in [2.75, 3.05) is 0 Å². The zero-order valence-electron chi connectivity index (χ0n) is 14.8. The molecular formula is C23H19BrN2. The molecule has 0 saturated carbocycles. The maximum Gasteiger partial charge on any atom is 0.138 e. The van der Waals surface area contributed by atoms with Gasteiger partial charge in [-0.1, -0.05) is 76.1 Å². The lowest BCUT2D eigenvalue weighted by Crippen LogP contribution is -1.87. The molecule has 0 spiro atoms. The zero-order valence-corrected chi connectivity index (χ0v) is 16.3. The van der Waals surface area contributed by atoms with Crippen LogP contribution in [0, 0.1) is 13.8 Å². The van der Waals surface area contributed by atoms with E-state index in [1.165, 1.54) is 11.1 Å². The quantitative estimate of drug-likeness (QED) is 0.401. The standard InChI is InChI=1S/C23H19BrN2/c1-15-8-9-16(2)20(14-15)23-25-21(17-6-4-3-5-7-17)22(26-23)18-10-12-19(24)13-11-18/h3-14H,1-2H3,(H,25,26). The summed E-state index contributed by atoms with van der Waals surface area (Å²) in [7, 11) is 0. The molecule has 1 aromatic heterocycles. The SMILES string of the molecule is Cc1ccc(C)c(-c2nc(-c3ccccc3)c(-c3ccc(Br)cc3)[nH]2)c1. The van der Waals surface area contributed by atoms with Gasteiger partial charge in [-0.25, -0.2) is 4.98 Å². The summed E-state index contributed by atoms with van der Waals surface area (Å²) in [6.45, 7) is 4.23. The topological polar surface area (TPSA) is 28.7 Å². The first-order valence-corrected chi connectivity index (χ1v) is 9.40. The molecule has 0 saturated heterocycles. The highest BCUT2D eigenvalue weighted by molar-refractivity contribution is 9.10. The third kappa shape index (κ3) is 3.23. The number of aromatic nitrogens is 2. The minimum absolute atomic E-state index is 0.906. The van der Waals surface area contributed by atoms with Crippen LogP contribution >= 0.6 is 15.9 Å². The number of H-pyrrole nitrogens is 1. The van der Waals surface area contributed by atoms with E-state index in [9.17, 15) is 0 Å². The first-order valence-electron chi connectivity index (χ1n) is 8.61. The van der Waals surface area contributed by atoms with Crippen LogP contribution in [-0.4, -0.2) is 9.97 Å². The second kappa shape index (κ2) is 6.93. The number of aryl methyl sites for hydroxylation is 2. The number of hydrogen-bond donors (Lipinski definition) is 1. The molecule has 4 aromatic rings. The highest BCUT2D eigenvalue weighted by Crippen LogP contribution is 2.34. The van der Waals surface area contributed by atoms with Gasteiger partial charge in [0.1, 0.15) is 5.82 Å². The summed E-state index contributed by atoms with van der Waals surface area (Å²) < 4.78 is 1.07. The molecule has 3 heteroatoms. The fourth-order valence-corrected chi connectivity index (χ4v) is 3.39. The largest absolute Gasteiger partial charge is 0.337 e. The molecule has 128 valence electrons. The predicted molar refractivity (Wildman–Crippen MR) is 112 cm³/mol. The smallest absolute Gasteiger partial charge is 0.138 e. The molecular weight excluding hydrogens is 384 g/mol. The molecule has 0 bridgehead atoms. The molecule has 4 rings (SSSR count). The van der Waals surface area contributed by atoms with Crippen LogP contribution in [0.4, 0.5) is 0 Å². The molecule has 0 atom stereocenters. The lowest BCUT2D eigenvalue weighted by atomic mass is 10.1. The molecule has 1 heterocycles. The minimum Gasteiger partial charge on any atom is -0.337 e. The van der Waals surface area contributed by atoms with E-state index in [0.717, 1.165) is 38.4 Å². The molecule has 0 aliphatic rings. The van der Waals surface area contributed by atoms with Crippen molar-refractivity contribution in [3.05, 3.63) is 88.4 Å². The van der Waals surface area contributed by atoms with Crippen LogP contribution in [0.3, 0.4) is 0 Å². The Morgan fingerprint density at radius 2 is 1.54 bits per heavy atom. The van der Waals surface area contributed by atoms with E-state index in [1.807, 2.05) is 18.2 Å². The van der Waals surface area contributed by atoms with Crippen molar-refractivity contribution in [2.24, 2.45) is 0 Å². The fraction of sp³-hybridized carbons (Fsp3) is 0.0870. The average Bonchev–Trinajstić information content (AvgIpc) is 3.10. The molecule has 0 fully saturated rings. The summed E-state index contributed by atoms with van der Waals surface area (Å²) in [6.07, 6.45) is 0. The van der Waals surface area contributed by atoms with Gasteiger partial charge in [0, 0.05) is 21.2 Å². The first-order chi connectivity index (χ1) is 12.6. The van der Waals surface area contributed by atoms with E-state index in [0.29, 0.717) is 0 Å². The molecule has 0 radical (unpaired) electrons. The van der Waals surface area contributed by atoms with Crippen molar-refractivity contribution in [2.45, 2.75) is 13.8 Å². The average molecular weight is 403 g/mol. The van der Waals surface area contributed by atoms with E-state index in [4.69, 9.17) is 4.98 Å². The van der Waals surface area contributed by atoms with Crippen molar-refractivity contribution in [1.82, 2.24) is 9.97 Å². The molecule has 26 heavy (non-hydrogen) atoms. The Hall–Kier alpha value is -2.65. The molecule has 3 aromatic carbocycles. The van der Waals surface area contributed by atoms with Crippen molar-refractivity contribution in [3.63, 3.8) is 0 Å². The number of nitrogens with one attached hydrogen (secondary N) is 1. The van der Waals surface area contributed by atoms with E-state index >= 15 is 0 Å². The van der Waals surface area contributed by atoms with Crippen LogP contribution in [0.15, 0.2) is 77.3 Å². The summed E-state index contributed by atoms with van der Waals surface area (Å²) in [5.41, 5.74) is 7.84. The third-order valence-corrected chi connectivity index (χ3v) is 5.06. The second-order valence-corrected chi connectivity index (χ2v) is 7.42. The Kier molecular flexibility index (Phi) is 4.48. The van der Waals surface area contributed by atoms with Gasteiger partial charge in [-0.15, -0.1) is 0 Å². The van der Waals surface area contributed by atoms with Crippen molar-refractivity contribution in [1.29, 1.82) is 0 Å². The Balaban J connectivity index is 1.93. The summed E-state index contributed by atoms with van der Waals surface area (Å²) in [5.74, 6) is 0.906. The van der Waals surface area contributed by atoms with Gasteiger partial charge in [0.15, 0.2) is 0 Å². The molecule has 0 aliphatic heterocycles. The van der Waals surface area contributed by atoms with Gasteiger partial charge in [0.05, 0.1) is 11.4 Å². The Morgan fingerprint density at radius 1 is 0.808 bits per heavy atom. The molecule has 0 unspecified atom stereocenters. The molecule has 0 amide bonds. The van der Waals surface area contributed by atoms with Crippen LogP contribution in [0.25, 0.3) is 33.9 Å². The van der Waals surface area contributed by atoms with E-state index in [1.54, 1.807) is 0 Å². The number of hydrogen-bond acceptors (Lipinski definition) is 1. The maximum absolute atomic E-state index is 4.98. The summed E-state index contributed by atoms with van der Waals surface area (Å²) >= 11 is 3.52. The van der Waals surface area contributed by atoms with E-state index < -0.39 is 0 Å². The minimum atomic E-state index is 0.906. The van der Waals surface area contributed by atoms with Gasteiger partial charge in [-0.05, 0) is 37.6 Å².